The number of benzene rings is 1. The van der Waals surface area contributed by atoms with E-state index in [0.29, 0.717) is 27.5 Å². The molecule has 2 N–H and O–H groups in total. The van der Waals surface area contributed by atoms with Gasteiger partial charge in [-0.1, -0.05) is 13.8 Å². The van der Waals surface area contributed by atoms with Crippen molar-refractivity contribution in [3.05, 3.63) is 52.1 Å². The molecule has 1 aromatic carbocycles. The van der Waals surface area contributed by atoms with Gasteiger partial charge in [-0.25, -0.2) is 19.7 Å². The average Bonchev–Trinajstić information content (AvgIpc) is 3.08. The molecule has 0 spiro atoms. The predicted octanol–water partition coefficient (Wildman–Crippen LogP) is 5.03. The van der Waals surface area contributed by atoms with Crippen molar-refractivity contribution in [2.45, 2.75) is 26.4 Å². The van der Waals surface area contributed by atoms with Crippen molar-refractivity contribution >= 4 is 43.7 Å². The predicted molar refractivity (Wildman–Crippen MR) is 115 cm³/mol. The normalized spacial score (nSPS) is 11.5. The van der Waals surface area contributed by atoms with Crippen LogP contribution in [0.5, 0.6) is 11.6 Å². The molecule has 0 radical (unpaired) electrons. The quantitative estimate of drug-likeness (QED) is 0.406. The lowest BCUT2D eigenvalue weighted by Crippen LogP contribution is -2.10. The lowest BCUT2D eigenvalue weighted by atomic mass is 10.00. The highest BCUT2D eigenvalue weighted by molar-refractivity contribution is 9.10. The first kappa shape index (κ1) is 20.2. The summed E-state index contributed by atoms with van der Waals surface area (Å²) in [6, 6.07) is 5.56. The fourth-order valence-electron chi connectivity index (χ4n) is 3.46. The second-order valence-corrected chi connectivity index (χ2v) is 7.89. The molecule has 154 valence electrons. The zero-order valence-corrected chi connectivity index (χ0v) is 18.1. The molecule has 0 saturated heterocycles. The number of aromatic amines is 1. The smallest absolute Gasteiger partial charge is 0.354 e. The average molecular weight is 471 g/mol. The van der Waals surface area contributed by atoms with Gasteiger partial charge in [-0.3, -0.25) is 0 Å². The number of fused-ring (bicyclic) bond motifs is 3. The third-order valence-corrected chi connectivity index (χ3v) is 5.11. The summed E-state index contributed by atoms with van der Waals surface area (Å²) in [7, 11) is 1.53. The van der Waals surface area contributed by atoms with E-state index in [9.17, 15) is 9.90 Å². The summed E-state index contributed by atoms with van der Waals surface area (Å²) in [5, 5.41) is 11.4. The van der Waals surface area contributed by atoms with Crippen LogP contribution in [0.15, 0.2) is 35.2 Å². The standard InChI is InChI=1S/C21H19BrN4O4/c1-10(2)18-20-17(13(9-29-3)19(26-18)21(27)28)12-6-11(4-5-14(12)25-20)30-16-8-23-15(22)7-24-16/h4-8,10,25H,9H2,1-3H3,(H,27,28). The van der Waals surface area contributed by atoms with Crippen molar-refractivity contribution in [3.63, 3.8) is 0 Å². The maximum atomic E-state index is 11.9. The van der Waals surface area contributed by atoms with Crippen LogP contribution in [0.1, 0.15) is 41.5 Å². The number of aromatic nitrogens is 4. The van der Waals surface area contributed by atoms with Crippen LogP contribution in [-0.2, 0) is 11.3 Å². The monoisotopic (exact) mass is 470 g/mol. The number of hydrogen-bond donors (Lipinski definition) is 2. The molecule has 8 nitrogen and oxygen atoms in total. The Morgan fingerprint density at radius 1 is 1.27 bits per heavy atom. The van der Waals surface area contributed by atoms with E-state index in [-0.39, 0.29) is 18.2 Å². The molecule has 0 fully saturated rings. The first-order valence-electron chi connectivity index (χ1n) is 9.25. The molecule has 4 rings (SSSR count). The van der Waals surface area contributed by atoms with Gasteiger partial charge in [0.15, 0.2) is 5.69 Å². The number of rotatable bonds is 6. The number of H-pyrrole nitrogens is 1. The Morgan fingerprint density at radius 3 is 2.70 bits per heavy atom. The molecular weight excluding hydrogens is 452 g/mol. The topological polar surface area (TPSA) is 110 Å². The third kappa shape index (κ3) is 3.61. The van der Waals surface area contributed by atoms with Crippen LogP contribution in [0.4, 0.5) is 0 Å². The molecule has 0 saturated carbocycles. The van der Waals surface area contributed by atoms with E-state index >= 15 is 0 Å². The minimum atomic E-state index is -1.09. The Balaban J connectivity index is 1.96. The number of ether oxygens (including phenoxy) is 2. The van der Waals surface area contributed by atoms with E-state index in [0.717, 1.165) is 21.8 Å². The number of carboxylic acids is 1. The minimum absolute atomic E-state index is 0.000882. The molecule has 0 aliphatic heterocycles. The van der Waals surface area contributed by atoms with Crippen molar-refractivity contribution in [1.29, 1.82) is 0 Å². The number of carboxylic acid groups (broad SMARTS) is 1. The lowest BCUT2D eigenvalue weighted by Gasteiger charge is -2.13. The number of methoxy groups -OCH3 is 1. The number of hydrogen-bond acceptors (Lipinski definition) is 6. The minimum Gasteiger partial charge on any atom is -0.477 e. The van der Waals surface area contributed by atoms with Gasteiger partial charge in [0, 0.05) is 29.0 Å². The fourth-order valence-corrected chi connectivity index (χ4v) is 3.66. The van der Waals surface area contributed by atoms with Crippen molar-refractivity contribution in [3.8, 4) is 11.6 Å². The highest BCUT2D eigenvalue weighted by Gasteiger charge is 2.23. The Kier molecular flexibility index (Phi) is 5.40. The van der Waals surface area contributed by atoms with Gasteiger partial charge in [-0.15, -0.1) is 0 Å². The lowest BCUT2D eigenvalue weighted by molar-refractivity contribution is 0.0685. The van der Waals surface area contributed by atoms with Crippen molar-refractivity contribution in [1.82, 2.24) is 19.9 Å². The van der Waals surface area contributed by atoms with Gasteiger partial charge in [0.25, 0.3) is 0 Å². The van der Waals surface area contributed by atoms with Crippen molar-refractivity contribution in [2.75, 3.05) is 7.11 Å². The van der Waals surface area contributed by atoms with Gasteiger partial charge in [0.2, 0.25) is 5.88 Å². The summed E-state index contributed by atoms with van der Waals surface area (Å²) in [5.41, 5.74) is 2.87. The van der Waals surface area contributed by atoms with Gasteiger partial charge < -0.3 is 19.6 Å². The third-order valence-electron chi connectivity index (χ3n) is 4.70. The number of carbonyl (C=O) groups is 1. The summed E-state index contributed by atoms with van der Waals surface area (Å²) in [4.78, 5) is 28.1. The van der Waals surface area contributed by atoms with E-state index in [1.54, 1.807) is 6.20 Å². The number of halogens is 1. The van der Waals surface area contributed by atoms with Crippen molar-refractivity contribution < 1.29 is 19.4 Å². The van der Waals surface area contributed by atoms with Crippen LogP contribution in [0.2, 0.25) is 0 Å². The first-order valence-corrected chi connectivity index (χ1v) is 10.0. The fraction of sp³-hybridized carbons (Fsp3) is 0.238. The molecule has 9 heteroatoms. The molecular formula is C21H19BrN4O4. The molecule has 30 heavy (non-hydrogen) atoms. The number of nitrogens with one attached hydrogen (secondary N) is 1. The summed E-state index contributed by atoms with van der Waals surface area (Å²) < 4.78 is 11.8. The highest BCUT2D eigenvalue weighted by atomic mass is 79.9. The molecule has 4 aromatic rings. The van der Waals surface area contributed by atoms with Crippen molar-refractivity contribution in [2.24, 2.45) is 0 Å². The highest BCUT2D eigenvalue weighted by Crippen LogP contribution is 2.36. The maximum absolute atomic E-state index is 11.9. The molecule has 0 bridgehead atoms. The summed E-state index contributed by atoms with van der Waals surface area (Å²) >= 11 is 3.25. The van der Waals surface area contributed by atoms with E-state index < -0.39 is 5.97 Å². The maximum Gasteiger partial charge on any atom is 0.354 e. The summed E-state index contributed by atoms with van der Waals surface area (Å²) in [6.07, 6.45) is 3.07. The first-order chi connectivity index (χ1) is 14.4. The molecule has 0 aliphatic rings. The van der Waals surface area contributed by atoms with Crippen LogP contribution in [0.3, 0.4) is 0 Å². The van der Waals surface area contributed by atoms with E-state index in [4.69, 9.17) is 9.47 Å². The summed E-state index contributed by atoms with van der Waals surface area (Å²) in [5.74, 6) is -0.143. The SMILES string of the molecule is COCc1c(C(=O)O)nc(C(C)C)c2[nH]c3ccc(Oc4cnc(Br)cn4)cc3c12. The number of aromatic carboxylic acids is 1. The zero-order valence-electron chi connectivity index (χ0n) is 16.6. The second kappa shape index (κ2) is 8.00. The van der Waals surface area contributed by atoms with Crippen LogP contribution in [0, 0.1) is 0 Å². The molecule has 0 amide bonds. The van der Waals surface area contributed by atoms with Gasteiger partial charge >= 0.3 is 5.97 Å². The van der Waals surface area contributed by atoms with E-state index in [1.807, 2.05) is 32.0 Å². The van der Waals surface area contributed by atoms with Gasteiger partial charge in [0.05, 0.1) is 30.2 Å². The van der Waals surface area contributed by atoms with Crippen LogP contribution >= 0.6 is 15.9 Å². The Labute approximate surface area is 180 Å². The van der Waals surface area contributed by atoms with Gasteiger partial charge in [0.1, 0.15) is 10.4 Å². The molecule has 0 aliphatic carbocycles. The summed E-state index contributed by atoms with van der Waals surface area (Å²) in [6.45, 7) is 4.09. The number of pyridine rings is 1. The Hall–Kier alpha value is -3.04. The Morgan fingerprint density at radius 2 is 2.07 bits per heavy atom. The molecule has 3 heterocycles. The largest absolute Gasteiger partial charge is 0.477 e. The molecule has 0 unspecified atom stereocenters. The van der Waals surface area contributed by atoms with E-state index in [1.165, 1.54) is 13.3 Å². The van der Waals surface area contributed by atoms with Crippen LogP contribution < -0.4 is 4.74 Å². The van der Waals surface area contributed by atoms with Crippen LogP contribution in [0.25, 0.3) is 21.8 Å². The molecule has 0 atom stereocenters. The van der Waals surface area contributed by atoms with Gasteiger partial charge in [-0.05, 0) is 40.0 Å². The molecule has 3 aromatic heterocycles. The zero-order chi connectivity index (χ0) is 21.4. The van der Waals surface area contributed by atoms with Gasteiger partial charge in [-0.2, -0.15) is 0 Å². The second-order valence-electron chi connectivity index (χ2n) is 7.08. The van der Waals surface area contributed by atoms with Crippen LogP contribution in [-0.4, -0.2) is 38.1 Å². The number of nitrogens with zero attached hydrogens (tertiary/aromatic N) is 3. The Bertz CT molecular complexity index is 1250. The van der Waals surface area contributed by atoms with E-state index in [2.05, 4.69) is 35.9 Å².